The third kappa shape index (κ3) is 2.84. The van der Waals surface area contributed by atoms with E-state index in [0.717, 1.165) is 11.4 Å². The van der Waals surface area contributed by atoms with Gasteiger partial charge in [-0.2, -0.15) is 0 Å². The fraction of sp³-hybridized carbons (Fsp3) is 0.250. The molecule has 0 radical (unpaired) electrons. The number of ether oxygens (including phenoxy) is 1. The summed E-state index contributed by atoms with van der Waals surface area (Å²) in [6, 6.07) is 3.95. The van der Waals surface area contributed by atoms with Crippen LogP contribution in [-0.4, -0.2) is 17.6 Å². The normalized spacial score (nSPS) is 11.4. The fourth-order valence-electron chi connectivity index (χ4n) is 1.27. The number of methoxy groups -OCH3 is 1. The number of rotatable bonds is 3. The zero-order chi connectivity index (χ0) is 11.3. The molecule has 0 unspecified atom stereocenters. The highest BCUT2D eigenvalue weighted by Gasteiger charge is 1.99. The molecule has 0 saturated carbocycles. The average Bonchev–Trinajstić information content (AvgIpc) is 2.58. The molecule has 3 nitrogen and oxygen atoms in total. The van der Waals surface area contributed by atoms with E-state index >= 15 is 0 Å². The lowest BCUT2D eigenvalue weighted by molar-refractivity contribution is -0.134. The summed E-state index contributed by atoms with van der Waals surface area (Å²) in [6.45, 7) is 1.97. The maximum Gasteiger partial charge on any atom is 0.330 e. The van der Waals surface area contributed by atoms with E-state index in [1.165, 1.54) is 13.2 Å². The van der Waals surface area contributed by atoms with Crippen LogP contribution in [-0.2, 0) is 16.6 Å². The van der Waals surface area contributed by atoms with Crippen LogP contribution in [0.5, 0.6) is 0 Å². The summed E-state index contributed by atoms with van der Waals surface area (Å²) < 4.78 is 6.52. The first-order valence-corrected chi connectivity index (χ1v) is 4.73. The molecule has 1 aromatic heterocycles. The van der Waals surface area contributed by atoms with Crippen LogP contribution < -0.4 is 0 Å². The van der Waals surface area contributed by atoms with Crippen LogP contribution in [0, 0.1) is 0 Å². The minimum absolute atomic E-state index is 0.344. The van der Waals surface area contributed by atoms with Gasteiger partial charge in [0.15, 0.2) is 0 Å². The van der Waals surface area contributed by atoms with Gasteiger partial charge < -0.3 is 9.30 Å². The lowest BCUT2D eigenvalue weighted by Crippen LogP contribution is -1.96. The molecule has 0 aliphatic rings. The Balaban J connectivity index is 2.87. The molecule has 0 amide bonds. The molecule has 0 aromatic carbocycles. The van der Waals surface area contributed by atoms with Crippen LogP contribution in [0.1, 0.15) is 18.3 Å². The summed E-state index contributed by atoms with van der Waals surface area (Å²) in [4.78, 5) is 10.9. The SMILES string of the molecule is C/C=C/c1ccc(/C=C/C(=O)OC)n1C. The predicted octanol–water partition coefficient (Wildman–Crippen LogP) is 2.24. The first-order chi connectivity index (χ1) is 7.19. The third-order valence-corrected chi connectivity index (χ3v) is 2.13. The molecular weight excluding hydrogens is 190 g/mol. The van der Waals surface area contributed by atoms with Gasteiger partial charge in [-0.1, -0.05) is 6.08 Å². The van der Waals surface area contributed by atoms with Gasteiger partial charge in [0.05, 0.1) is 7.11 Å². The van der Waals surface area contributed by atoms with Crippen molar-refractivity contribution in [2.24, 2.45) is 7.05 Å². The second kappa shape index (κ2) is 5.20. The van der Waals surface area contributed by atoms with E-state index in [2.05, 4.69) is 4.74 Å². The largest absolute Gasteiger partial charge is 0.466 e. The number of hydrogen-bond acceptors (Lipinski definition) is 2. The van der Waals surface area contributed by atoms with E-state index in [1.54, 1.807) is 6.08 Å². The van der Waals surface area contributed by atoms with E-state index in [0.29, 0.717) is 0 Å². The second-order valence-corrected chi connectivity index (χ2v) is 3.10. The topological polar surface area (TPSA) is 31.2 Å². The average molecular weight is 205 g/mol. The molecule has 0 fully saturated rings. The zero-order valence-corrected chi connectivity index (χ0v) is 9.23. The lowest BCUT2D eigenvalue weighted by Gasteiger charge is -2.00. The third-order valence-electron chi connectivity index (χ3n) is 2.13. The van der Waals surface area contributed by atoms with E-state index < -0.39 is 0 Å². The summed E-state index contributed by atoms with van der Waals surface area (Å²) in [5, 5.41) is 0. The van der Waals surface area contributed by atoms with Crippen molar-refractivity contribution >= 4 is 18.1 Å². The molecule has 0 N–H and O–H groups in total. The van der Waals surface area contributed by atoms with E-state index in [9.17, 15) is 4.79 Å². The van der Waals surface area contributed by atoms with Crippen molar-refractivity contribution in [1.29, 1.82) is 0 Å². The molecule has 0 aliphatic heterocycles. The smallest absolute Gasteiger partial charge is 0.330 e. The number of carbonyl (C=O) groups excluding carboxylic acids is 1. The first kappa shape index (κ1) is 11.3. The van der Waals surface area contributed by atoms with Crippen molar-refractivity contribution in [3.8, 4) is 0 Å². The Hall–Kier alpha value is -1.77. The number of carbonyl (C=O) groups is 1. The standard InChI is InChI=1S/C12H15NO2/c1-4-5-10-6-7-11(13(10)2)8-9-12(14)15-3/h4-9H,1-3H3/b5-4+,9-8+. The van der Waals surface area contributed by atoms with Gasteiger partial charge in [-0.05, 0) is 31.2 Å². The highest BCUT2D eigenvalue weighted by atomic mass is 16.5. The van der Waals surface area contributed by atoms with Gasteiger partial charge in [-0.25, -0.2) is 4.79 Å². The van der Waals surface area contributed by atoms with Crippen molar-refractivity contribution in [3.05, 3.63) is 35.7 Å². The summed E-state index contributed by atoms with van der Waals surface area (Å²) in [5.74, 6) is -0.344. The molecule has 0 aliphatic carbocycles. The van der Waals surface area contributed by atoms with Gasteiger partial charge in [0.2, 0.25) is 0 Å². The van der Waals surface area contributed by atoms with Crippen molar-refractivity contribution in [2.75, 3.05) is 7.11 Å². The second-order valence-electron chi connectivity index (χ2n) is 3.10. The molecule has 1 rings (SSSR count). The quantitative estimate of drug-likeness (QED) is 0.559. The summed E-state index contributed by atoms with van der Waals surface area (Å²) >= 11 is 0. The number of aromatic nitrogens is 1. The maximum atomic E-state index is 10.9. The Kier molecular flexibility index (Phi) is 3.92. The highest BCUT2D eigenvalue weighted by Crippen LogP contribution is 2.10. The molecule has 1 aromatic rings. The first-order valence-electron chi connectivity index (χ1n) is 4.73. The number of esters is 1. The van der Waals surface area contributed by atoms with E-state index in [-0.39, 0.29) is 5.97 Å². The fourth-order valence-corrected chi connectivity index (χ4v) is 1.27. The van der Waals surface area contributed by atoms with Crippen molar-refractivity contribution in [1.82, 2.24) is 4.57 Å². The van der Waals surface area contributed by atoms with Crippen LogP contribution in [0.4, 0.5) is 0 Å². The number of nitrogens with zero attached hydrogens (tertiary/aromatic N) is 1. The molecule has 0 bridgehead atoms. The predicted molar refractivity (Wildman–Crippen MR) is 61.2 cm³/mol. The van der Waals surface area contributed by atoms with Crippen molar-refractivity contribution < 1.29 is 9.53 Å². The molecule has 80 valence electrons. The molecule has 0 saturated heterocycles. The Labute approximate surface area is 89.7 Å². The van der Waals surface area contributed by atoms with Crippen LogP contribution in [0.3, 0.4) is 0 Å². The number of allylic oxidation sites excluding steroid dienone is 1. The van der Waals surface area contributed by atoms with Crippen LogP contribution in [0.2, 0.25) is 0 Å². The summed E-state index contributed by atoms with van der Waals surface area (Å²) in [6.07, 6.45) is 7.13. The molecular formula is C12H15NO2. The minimum atomic E-state index is -0.344. The van der Waals surface area contributed by atoms with E-state index in [4.69, 9.17) is 0 Å². The monoisotopic (exact) mass is 205 g/mol. The van der Waals surface area contributed by atoms with Gasteiger partial charge >= 0.3 is 5.97 Å². The van der Waals surface area contributed by atoms with Crippen molar-refractivity contribution in [3.63, 3.8) is 0 Å². The zero-order valence-electron chi connectivity index (χ0n) is 9.23. The van der Waals surface area contributed by atoms with Gasteiger partial charge in [0.25, 0.3) is 0 Å². The molecule has 15 heavy (non-hydrogen) atoms. The molecule has 0 spiro atoms. The Morgan fingerprint density at radius 1 is 1.33 bits per heavy atom. The Morgan fingerprint density at radius 2 is 1.93 bits per heavy atom. The van der Waals surface area contributed by atoms with Gasteiger partial charge in [0, 0.05) is 24.5 Å². The Bertz CT molecular complexity index is 400. The lowest BCUT2D eigenvalue weighted by atomic mass is 10.4. The molecule has 0 atom stereocenters. The number of hydrogen-bond donors (Lipinski definition) is 0. The maximum absolute atomic E-state index is 10.9. The highest BCUT2D eigenvalue weighted by molar-refractivity contribution is 5.86. The minimum Gasteiger partial charge on any atom is -0.466 e. The van der Waals surface area contributed by atoms with Crippen molar-refractivity contribution in [2.45, 2.75) is 6.92 Å². The van der Waals surface area contributed by atoms with Gasteiger partial charge in [-0.3, -0.25) is 0 Å². The summed E-state index contributed by atoms with van der Waals surface area (Å²) in [7, 11) is 3.31. The van der Waals surface area contributed by atoms with Gasteiger partial charge in [0.1, 0.15) is 0 Å². The molecule has 1 heterocycles. The molecule has 3 heteroatoms. The Morgan fingerprint density at radius 3 is 2.47 bits per heavy atom. The van der Waals surface area contributed by atoms with E-state index in [1.807, 2.05) is 42.8 Å². The van der Waals surface area contributed by atoms with Crippen LogP contribution in [0.15, 0.2) is 24.3 Å². The van der Waals surface area contributed by atoms with Crippen LogP contribution >= 0.6 is 0 Å². The van der Waals surface area contributed by atoms with Gasteiger partial charge in [-0.15, -0.1) is 0 Å². The summed E-state index contributed by atoms with van der Waals surface area (Å²) in [5.41, 5.74) is 2.07. The van der Waals surface area contributed by atoms with Crippen LogP contribution in [0.25, 0.3) is 12.2 Å².